The zero-order chi connectivity index (χ0) is 16.4. The van der Waals surface area contributed by atoms with Crippen LogP contribution in [0.5, 0.6) is 0 Å². The van der Waals surface area contributed by atoms with Crippen LogP contribution in [0.15, 0.2) is 35.5 Å². The van der Waals surface area contributed by atoms with E-state index in [1.54, 1.807) is 12.3 Å². The summed E-state index contributed by atoms with van der Waals surface area (Å²) < 4.78 is 19.5. The van der Waals surface area contributed by atoms with Crippen LogP contribution in [0, 0.1) is 17.1 Å². The van der Waals surface area contributed by atoms with Gasteiger partial charge in [-0.2, -0.15) is 5.26 Å². The molecular formula is C16H18FN5O. The summed E-state index contributed by atoms with van der Waals surface area (Å²) >= 11 is 0. The number of hydrazine groups is 1. The maximum atomic E-state index is 14.0. The minimum absolute atomic E-state index is 0.0291. The van der Waals surface area contributed by atoms with Crippen LogP contribution >= 0.6 is 0 Å². The van der Waals surface area contributed by atoms with Crippen molar-refractivity contribution in [2.75, 3.05) is 19.8 Å². The van der Waals surface area contributed by atoms with Gasteiger partial charge in [0.05, 0.1) is 30.9 Å². The molecule has 120 valence electrons. The predicted molar refractivity (Wildman–Crippen MR) is 83.4 cm³/mol. The van der Waals surface area contributed by atoms with Gasteiger partial charge in [0.1, 0.15) is 11.9 Å². The summed E-state index contributed by atoms with van der Waals surface area (Å²) in [6, 6.07) is 6.31. The highest BCUT2D eigenvalue weighted by molar-refractivity contribution is 5.80. The van der Waals surface area contributed by atoms with Gasteiger partial charge in [-0.3, -0.25) is 5.01 Å². The van der Waals surface area contributed by atoms with Gasteiger partial charge in [-0.05, 0) is 30.7 Å². The summed E-state index contributed by atoms with van der Waals surface area (Å²) in [6.07, 6.45) is 3.48. The molecule has 2 heterocycles. The fourth-order valence-corrected chi connectivity index (χ4v) is 2.87. The summed E-state index contributed by atoms with van der Waals surface area (Å²) in [4.78, 5) is 4.16. The third-order valence-corrected chi connectivity index (χ3v) is 4.04. The Kier molecular flexibility index (Phi) is 4.28. The molecule has 1 aromatic rings. The molecule has 2 atom stereocenters. The van der Waals surface area contributed by atoms with Gasteiger partial charge in [-0.1, -0.05) is 6.07 Å². The molecule has 2 unspecified atom stereocenters. The van der Waals surface area contributed by atoms with Crippen molar-refractivity contribution < 1.29 is 9.13 Å². The minimum atomic E-state index is -0.533. The second-order valence-corrected chi connectivity index (χ2v) is 5.56. The molecule has 0 radical (unpaired) electrons. The zero-order valence-corrected chi connectivity index (χ0v) is 12.8. The number of benzene rings is 1. The molecule has 2 aliphatic rings. The van der Waals surface area contributed by atoms with Crippen molar-refractivity contribution in [3.8, 4) is 6.07 Å². The number of nitriles is 1. The van der Waals surface area contributed by atoms with Crippen LogP contribution < -0.4 is 5.73 Å². The molecule has 2 aliphatic heterocycles. The lowest BCUT2D eigenvalue weighted by molar-refractivity contribution is -0.0992. The number of hydrogen-bond donors (Lipinski definition) is 1. The van der Waals surface area contributed by atoms with E-state index in [0.29, 0.717) is 31.3 Å². The minimum Gasteiger partial charge on any atom is -0.378 e. The second kappa shape index (κ2) is 6.36. The van der Waals surface area contributed by atoms with E-state index < -0.39 is 5.82 Å². The average Bonchev–Trinajstić information content (AvgIpc) is 2.55. The van der Waals surface area contributed by atoms with E-state index in [1.807, 2.05) is 24.1 Å². The highest BCUT2D eigenvalue weighted by Crippen LogP contribution is 2.29. The summed E-state index contributed by atoms with van der Waals surface area (Å²) in [7, 11) is 0. The van der Waals surface area contributed by atoms with E-state index in [4.69, 9.17) is 15.7 Å². The molecule has 6 nitrogen and oxygen atoms in total. The van der Waals surface area contributed by atoms with Crippen molar-refractivity contribution in [1.29, 1.82) is 5.26 Å². The molecule has 0 aromatic heterocycles. The molecule has 3 rings (SSSR count). The normalized spacial score (nSPS) is 25.1. The smallest absolute Gasteiger partial charge is 0.211 e. The SMILES string of the molecule is CC1COCCN1N1C(N)=NC=CC1c1ccc(C#N)c(F)c1. The third kappa shape index (κ3) is 2.91. The number of nitrogens with two attached hydrogens (primary N) is 1. The number of guanidine groups is 1. The number of nitrogens with zero attached hydrogens (tertiary/aromatic N) is 4. The first-order chi connectivity index (χ1) is 11.1. The topological polar surface area (TPSA) is 77.9 Å². The van der Waals surface area contributed by atoms with Gasteiger partial charge >= 0.3 is 0 Å². The Labute approximate surface area is 134 Å². The van der Waals surface area contributed by atoms with Gasteiger partial charge < -0.3 is 10.5 Å². The van der Waals surface area contributed by atoms with Gasteiger partial charge in [-0.15, -0.1) is 0 Å². The highest BCUT2D eigenvalue weighted by Gasteiger charge is 2.33. The molecule has 0 aliphatic carbocycles. The number of hydrogen-bond acceptors (Lipinski definition) is 6. The monoisotopic (exact) mass is 315 g/mol. The molecule has 1 saturated heterocycles. The van der Waals surface area contributed by atoms with Crippen LogP contribution in [-0.2, 0) is 4.74 Å². The number of rotatable bonds is 2. The van der Waals surface area contributed by atoms with Crippen LogP contribution in [0.1, 0.15) is 24.1 Å². The molecule has 1 aromatic carbocycles. The fraction of sp³-hybridized carbons (Fsp3) is 0.375. The lowest BCUT2D eigenvalue weighted by Gasteiger charge is -2.46. The van der Waals surface area contributed by atoms with E-state index in [2.05, 4.69) is 10.0 Å². The number of aliphatic imine (C=N–C) groups is 1. The van der Waals surface area contributed by atoms with Crippen molar-refractivity contribution in [1.82, 2.24) is 10.0 Å². The largest absolute Gasteiger partial charge is 0.378 e. The number of ether oxygens (including phenoxy) is 1. The maximum Gasteiger partial charge on any atom is 0.211 e. The second-order valence-electron chi connectivity index (χ2n) is 5.56. The Balaban J connectivity index is 1.96. The molecule has 2 N–H and O–H groups in total. The van der Waals surface area contributed by atoms with Crippen molar-refractivity contribution in [2.24, 2.45) is 10.7 Å². The molecule has 0 spiro atoms. The summed E-state index contributed by atoms with van der Waals surface area (Å²) in [6.45, 7) is 3.93. The molecule has 0 bridgehead atoms. The Hall–Kier alpha value is -2.43. The summed E-state index contributed by atoms with van der Waals surface area (Å²) in [5.74, 6) is -0.175. The first-order valence-corrected chi connectivity index (χ1v) is 7.45. The van der Waals surface area contributed by atoms with Gasteiger partial charge in [0.15, 0.2) is 0 Å². The average molecular weight is 315 g/mol. The van der Waals surface area contributed by atoms with Crippen molar-refractivity contribution >= 4 is 5.96 Å². The summed E-state index contributed by atoms with van der Waals surface area (Å²) in [5.41, 5.74) is 6.84. The first kappa shape index (κ1) is 15.5. The molecule has 0 amide bonds. The fourth-order valence-electron chi connectivity index (χ4n) is 2.87. The molecule has 23 heavy (non-hydrogen) atoms. The van der Waals surface area contributed by atoms with Crippen molar-refractivity contribution in [2.45, 2.75) is 19.0 Å². The number of morpholine rings is 1. The molecule has 0 saturated carbocycles. The summed E-state index contributed by atoms with van der Waals surface area (Å²) in [5, 5.41) is 12.8. The Bertz CT molecular complexity index is 696. The molecule has 1 fully saturated rings. The van der Waals surface area contributed by atoms with E-state index in [0.717, 1.165) is 0 Å². The van der Waals surface area contributed by atoms with Gasteiger partial charge in [0.2, 0.25) is 5.96 Å². The van der Waals surface area contributed by atoms with Crippen molar-refractivity contribution in [3.05, 3.63) is 47.4 Å². The van der Waals surface area contributed by atoms with Gasteiger partial charge in [0.25, 0.3) is 0 Å². The quantitative estimate of drug-likeness (QED) is 0.895. The van der Waals surface area contributed by atoms with E-state index in [-0.39, 0.29) is 17.6 Å². The lowest BCUT2D eigenvalue weighted by Crippen LogP contribution is -2.59. The maximum absolute atomic E-state index is 14.0. The van der Waals surface area contributed by atoms with E-state index >= 15 is 0 Å². The van der Waals surface area contributed by atoms with Crippen LogP contribution in [0.2, 0.25) is 0 Å². The van der Waals surface area contributed by atoms with Gasteiger partial charge in [0, 0.05) is 12.7 Å². The van der Waals surface area contributed by atoms with Crippen LogP contribution in [-0.4, -0.2) is 41.8 Å². The predicted octanol–water partition coefficient (Wildman–Crippen LogP) is 1.52. The molecular weight excluding hydrogens is 297 g/mol. The lowest BCUT2D eigenvalue weighted by atomic mass is 10.0. The van der Waals surface area contributed by atoms with Crippen molar-refractivity contribution in [3.63, 3.8) is 0 Å². The van der Waals surface area contributed by atoms with Crippen LogP contribution in [0.25, 0.3) is 0 Å². The molecule has 7 heteroatoms. The van der Waals surface area contributed by atoms with Crippen LogP contribution in [0.4, 0.5) is 4.39 Å². The third-order valence-electron chi connectivity index (χ3n) is 4.04. The van der Waals surface area contributed by atoms with E-state index in [1.165, 1.54) is 12.1 Å². The Morgan fingerprint density at radius 3 is 3.00 bits per heavy atom. The van der Waals surface area contributed by atoms with Crippen LogP contribution in [0.3, 0.4) is 0 Å². The first-order valence-electron chi connectivity index (χ1n) is 7.45. The zero-order valence-electron chi connectivity index (χ0n) is 12.8. The number of halogens is 1. The van der Waals surface area contributed by atoms with E-state index in [9.17, 15) is 4.39 Å². The standard InChI is InChI=1S/C16H18FN5O/c1-11-10-23-7-6-21(11)22-15(4-5-20-16(22)19)12-2-3-13(9-18)14(17)8-12/h2-5,8,11,15H,6-7,10H2,1H3,(H2,19,20). The highest BCUT2D eigenvalue weighted by atomic mass is 19.1. The Morgan fingerprint density at radius 2 is 2.30 bits per heavy atom. The van der Waals surface area contributed by atoms with Gasteiger partial charge in [-0.25, -0.2) is 14.4 Å². The Morgan fingerprint density at radius 1 is 1.48 bits per heavy atom.